The molecule has 0 heterocycles. The van der Waals surface area contributed by atoms with E-state index in [1.165, 1.54) is 13.6 Å². The predicted molar refractivity (Wildman–Crippen MR) is 64.6 cm³/mol. The first-order chi connectivity index (χ1) is 4.74. The molecule has 0 aliphatic heterocycles. The minimum absolute atomic E-state index is 1.08. The molecule has 0 fully saturated rings. The highest BCUT2D eigenvalue weighted by molar-refractivity contribution is 14.1. The molecular weight excluding hydrogens is 418 g/mol. The Morgan fingerprint density at radius 1 is 1.40 bits per heavy atom. The van der Waals surface area contributed by atoms with Gasteiger partial charge in [-0.05, 0) is 56.2 Å². The van der Waals surface area contributed by atoms with Crippen LogP contribution in [-0.4, -0.2) is 0 Å². The molecule has 0 amide bonds. The van der Waals surface area contributed by atoms with Gasteiger partial charge in [-0.15, -0.1) is 0 Å². The molecule has 3 heteroatoms. The van der Waals surface area contributed by atoms with E-state index < -0.39 is 0 Å². The van der Waals surface area contributed by atoms with Gasteiger partial charge in [-0.3, -0.25) is 0 Å². The molecule has 0 unspecified atom stereocenters. The van der Waals surface area contributed by atoms with Crippen molar-refractivity contribution in [3.05, 3.63) is 31.8 Å². The maximum absolute atomic E-state index is 3.48. The SMILES string of the molecule is Brc1cc(CI)ccc1I. The highest BCUT2D eigenvalue weighted by atomic mass is 127. The second kappa shape index (κ2) is 4.25. The average Bonchev–Trinajstić information content (AvgIpc) is 1.95. The van der Waals surface area contributed by atoms with Gasteiger partial charge in [-0.1, -0.05) is 28.7 Å². The molecular formula is C7H5BrI2. The highest BCUT2D eigenvalue weighted by Gasteiger charge is 1.95. The van der Waals surface area contributed by atoms with Crippen LogP contribution in [0.1, 0.15) is 5.56 Å². The van der Waals surface area contributed by atoms with Crippen molar-refractivity contribution < 1.29 is 0 Å². The Hall–Kier alpha value is 1.16. The second-order valence-corrected chi connectivity index (χ2v) is 4.66. The number of alkyl halides is 1. The molecule has 54 valence electrons. The van der Waals surface area contributed by atoms with Gasteiger partial charge in [0.05, 0.1) is 0 Å². The Labute approximate surface area is 96.2 Å². The van der Waals surface area contributed by atoms with Crippen molar-refractivity contribution in [1.82, 2.24) is 0 Å². The van der Waals surface area contributed by atoms with E-state index >= 15 is 0 Å². The minimum atomic E-state index is 1.08. The lowest BCUT2D eigenvalue weighted by molar-refractivity contribution is 1.42. The summed E-state index contributed by atoms with van der Waals surface area (Å²) in [5, 5.41) is 0. The largest absolute Gasteiger partial charge is 0.0812 e. The number of benzene rings is 1. The molecule has 0 radical (unpaired) electrons. The molecule has 1 aromatic rings. The molecule has 0 nitrogen and oxygen atoms in total. The van der Waals surface area contributed by atoms with Gasteiger partial charge in [0.1, 0.15) is 0 Å². The molecule has 0 spiro atoms. The smallest absolute Gasteiger partial charge is 0.0311 e. The standard InChI is InChI=1S/C7H5BrI2/c8-6-3-5(4-9)1-2-7(6)10/h1-3H,4H2. The number of hydrogen-bond donors (Lipinski definition) is 0. The van der Waals surface area contributed by atoms with Crippen molar-refractivity contribution in [2.45, 2.75) is 4.43 Å². The minimum Gasteiger partial charge on any atom is -0.0812 e. The van der Waals surface area contributed by atoms with Crippen LogP contribution in [-0.2, 0) is 4.43 Å². The Balaban J connectivity index is 3.04. The van der Waals surface area contributed by atoms with Crippen LogP contribution < -0.4 is 0 Å². The van der Waals surface area contributed by atoms with Crippen molar-refractivity contribution in [2.75, 3.05) is 0 Å². The molecule has 0 N–H and O–H groups in total. The van der Waals surface area contributed by atoms with E-state index in [4.69, 9.17) is 0 Å². The van der Waals surface area contributed by atoms with E-state index in [1.807, 2.05) is 0 Å². The third kappa shape index (κ3) is 2.34. The molecule has 0 saturated carbocycles. The molecule has 1 rings (SSSR count). The van der Waals surface area contributed by atoms with E-state index in [0.29, 0.717) is 0 Å². The Kier molecular flexibility index (Phi) is 3.93. The summed E-state index contributed by atoms with van der Waals surface area (Å²) in [5.41, 5.74) is 1.37. The fourth-order valence-corrected chi connectivity index (χ4v) is 1.86. The van der Waals surface area contributed by atoms with Crippen LogP contribution in [0.4, 0.5) is 0 Å². The van der Waals surface area contributed by atoms with Gasteiger partial charge in [-0.2, -0.15) is 0 Å². The topological polar surface area (TPSA) is 0 Å². The summed E-state index contributed by atoms with van der Waals surface area (Å²) >= 11 is 8.14. The first-order valence-corrected chi connectivity index (χ1v) is 6.13. The van der Waals surface area contributed by atoms with Crippen molar-refractivity contribution in [1.29, 1.82) is 0 Å². The summed E-state index contributed by atoms with van der Waals surface area (Å²) in [6.07, 6.45) is 0. The zero-order valence-electron chi connectivity index (χ0n) is 5.07. The van der Waals surface area contributed by atoms with Crippen LogP contribution >= 0.6 is 61.1 Å². The molecule has 0 aliphatic carbocycles. The van der Waals surface area contributed by atoms with E-state index in [-0.39, 0.29) is 0 Å². The highest BCUT2D eigenvalue weighted by Crippen LogP contribution is 2.21. The summed E-state index contributed by atoms with van der Waals surface area (Å²) in [6, 6.07) is 6.44. The van der Waals surface area contributed by atoms with Gasteiger partial charge in [0.2, 0.25) is 0 Å². The monoisotopic (exact) mass is 422 g/mol. The summed E-state index contributed by atoms with van der Waals surface area (Å²) in [6.45, 7) is 0. The molecule has 1 aromatic carbocycles. The molecule has 0 atom stereocenters. The van der Waals surface area contributed by atoms with E-state index in [0.717, 1.165) is 4.43 Å². The maximum Gasteiger partial charge on any atom is 0.0311 e. The average molecular weight is 423 g/mol. The van der Waals surface area contributed by atoms with Crippen LogP contribution in [0.25, 0.3) is 0 Å². The van der Waals surface area contributed by atoms with Crippen molar-refractivity contribution in [2.24, 2.45) is 0 Å². The molecule has 0 aromatic heterocycles. The second-order valence-electron chi connectivity index (χ2n) is 1.88. The third-order valence-electron chi connectivity index (χ3n) is 1.14. The number of hydrogen-bond acceptors (Lipinski definition) is 0. The molecule has 0 aliphatic rings. The number of halogens is 3. The van der Waals surface area contributed by atoms with Crippen LogP contribution in [0, 0.1) is 3.57 Å². The third-order valence-corrected chi connectivity index (χ3v) is 4.36. The van der Waals surface area contributed by atoms with Crippen molar-refractivity contribution >= 4 is 61.1 Å². The van der Waals surface area contributed by atoms with Crippen molar-refractivity contribution in [3.63, 3.8) is 0 Å². The zero-order valence-corrected chi connectivity index (χ0v) is 11.0. The molecule has 10 heavy (non-hydrogen) atoms. The summed E-state index contributed by atoms with van der Waals surface area (Å²) < 4.78 is 3.54. The van der Waals surface area contributed by atoms with Gasteiger partial charge in [0.25, 0.3) is 0 Å². The lowest BCUT2D eigenvalue weighted by atomic mass is 10.2. The van der Waals surface area contributed by atoms with E-state index in [9.17, 15) is 0 Å². The summed E-state index contributed by atoms with van der Waals surface area (Å²) in [5.74, 6) is 0. The van der Waals surface area contributed by atoms with Gasteiger partial charge in [-0.25, -0.2) is 0 Å². The van der Waals surface area contributed by atoms with Crippen LogP contribution in [0.15, 0.2) is 22.7 Å². The summed E-state index contributed by atoms with van der Waals surface area (Å²) in [7, 11) is 0. The van der Waals surface area contributed by atoms with Crippen LogP contribution in [0.2, 0.25) is 0 Å². The lowest BCUT2D eigenvalue weighted by Crippen LogP contribution is -1.79. The first kappa shape index (κ1) is 9.25. The maximum atomic E-state index is 3.48. The number of rotatable bonds is 1. The Morgan fingerprint density at radius 3 is 2.60 bits per heavy atom. The molecule has 0 saturated heterocycles. The van der Waals surface area contributed by atoms with Gasteiger partial charge in [0.15, 0.2) is 0 Å². The molecule has 0 bridgehead atoms. The quantitative estimate of drug-likeness (QED) is 0.474. The predicted octanol–water partition coefficient (Wildman–Crippen LogP) is 3.99. The van der Waals surface area contributed by atoms with Gasteiger partial charge in [0, 0.05) is 12.5 Å². The van der Waals surface area contributed by atoms with Crippen LogP contribution in [0.5, 0.6) is 0 Å². The van der Waals surface area contributed by atoms with E-state index in [1.54, 1.807) is 0 Å². The fourth-order valence-electron chi connectivity index (χ4n) is 0.623. The fraction of sp³-hybridized carbons (Fsp3) is 0.143. The van der Waals surface area contributed by atoms with Crippen LogP contribution in [0.3, 0.4) is 0 Å². The zero-order chi connectivity index (χ0) is 7.56. The van der Waals surface area contributed by atoms with E-state index in [2.05, 4.69) is 79.3 Å². The van der Waals surface area contributed by atoms with Crippen molar-refractivity contribution in [3.8, 4) is 0 Å². The Bertz CT molecular complexity index is 235. The summed E-state index contributed by atoms with van der Waals surface area (Å²) in [4.78, 5) is 0. The normalized spacial score (nSPS) is 9.90. The lowest BCUT2D eigenvalue weighted by Gasteiger charge is -1.97. The Morgan fingerprint density at radius 2 is 2.10 bits per heavy atom. The van der Waals surface area contributed by atoms with Gasteiger partial charge >= 0.3 is 0 Å². The van der Waals surface area contributed by atoms with Gasteiger partial charge < -0.3 is 0 Å². The first-order valence-electron chi connectivity index (χ1n) is 2.74.